The molecular weight excluding hydrogens is 258 g/mol. The summed E-state index contributed by atoms with van der Waals surface area (Å²) in [5.74, 6) is -0.872. The number of hydrogen-bond acceptors (Lipinski definition) is 3. The Labute approximate surface area is 118 Å². The number of rotatable bonds is 5. The average Bonchev–Trinajstić information content (AvgIpc) is 2.33. The fourth-order valence-electron chi connectivity index (χ4n) is 1.85. The van der Waals surface area contributed by atoms with Crippen molar-refractivity contribution in [3.8, 4) is 0 Å². The van der Waals surface area contributed by atoms with E-state index in [0.717, 1.165) is 11.1 Å². The van der Waals surface area contributed by atoms with Gasteiger partial charge in [0.25, 0.3) is 0 Å². The van der Waals surface area contributed by atoms with E-state index < -0.39 is 17.5 Å². The summed E-state index contributed by atoms with van der Waals surface area (Å²) in [6.07, 6.45) is -0.205. The zero-order chi connectivity index (χ0) is 15.3. The number of carboxylic acid groups (broad SMARTS) is 1. The van der Waals surface area contributed by atoms with Crippen molar-refractivity contribution >= 4 is 17.7 Å². The molecule has 0 aliphatic carbocycles. The Bertz CT molecular complexity index is 509. The summed E-state index contributed by atoms with van der Waals surface area (Å²) in [6, 6.07) is 5.45. The van der Waals surface area contributed by atoms with Crippen LogP contribution in [-0.4, -0.2) is 23.8 Å². The summed E-state index contributed by atoms with van der Waals surface area (Å²) in [4.78, 5) is 22.8. The van der Waals surface area contributed by atoms with Gasteiger partial charge in [-0.2, -0.15) is 0 Å². The molecule has 0 fully saturated rings. The van der Waals surface area contributed by atoms with Crippen molar-refractivity contribution < 1.29 is 19.4 Å². The van der Waals surface area contributed by atoms with Crippen molar-refractivity contribution in [2.24, 2.45) is 5.41 Å². The SMILES string of the molecule is CCOC(=O)Nc1cccc(C)c1CC(C)(C)C(=O)O. The minimum absolute atomic E-state index is 0.285. The minimum Gasteiger partial charge on any atom is -0.481 e. The van der Waals surface area contributed by atoms with Crippen molar-refractivity contribution in [1.29, 1.82) is 0 Å². The maximum Gasteiger partial charge on any atom is 0.411 e. The maximum absolute atomic E-state index is 11.5. The van der Waals surface area contributed by atoms with Gasteiger partial charge in [0.1, 0.15) is 0 Å². The van der Waals surface area contributed by atoms with E-state index in [1.807, 2.05) is 19.1 Å². The second-order valence-electron chi connectivity index (χ2n) is 5.31. The molecule has 0 radical (unpaired) electrons. The number of anilines is 1. The van der Waals surface area contributed by atoms with Gasteiger partial charge in [-0.15, -0.1) is 0 Å². The molecule has 5 heteroatoms. The van der Waals surface area contributed by atoms with Crippen LogP contribution in [0.2, 0.25) is 0 Å². The van der Waals surface area contributed by atoms with E-state index >= 15 is 0 Å². The summed E-state index contributed by atoms with van der Waals surface area (Å²) in [6.45, 7) is 7.23. The first-order chi connectivity index (χ1) is 9.27. The van der Waals surface area contributed by atoms with Gasteiger partial charge >= 0.3 is 12.1 Å². The van der Waals surface area contributed by atoms with Crippen LogP contribution in [0.1, 0.15) is 31.9 Å². The minimum atomic E-state index is -0.906. The number of carboxylic acids is 1. The first-order valence-corrected chi connectivity index (χ1v) is 6.53. The molecule has 20 heavy (non-hydrogen) atoms. The van der Waals surface area contributed by atoms with Gasteiger partial charge in [-0.25, -0.2) is 4.79 Å². The highest BCUT2D eigenvalue weighted by molar-refractivity contribution is 5.86. The van der Waals surface area contributed by atoms with Gasteiger partial charge in [-0.3, -0.25) is 10.1 Å². The fourth-order valence-corrected chi connectivity index (χ4v) is 1.85. The van der Waals surface area contributed by atoms with Gasteiger partial charge < -0.3 is 9.84 Å². The largest absolute Gasteiger partial charge is 0.481 e. The Balaban J connectivity index is 3.06. The molecule has 110 valence electrons. The number of carbonyl (C=O) groups is 2. The number of nitrogens with one attached hydrogen (secondary N) is 1. The van der Waals surface area contributed by atoms with Crippen LogP contribution in [-0.2, 0) is 16.0 Å². The van der Waals surface area contributed by atoms with Gasteiger partial charge in [0.2, 0.25) is 0 Å². The maximum atomic E-state index is 11.5. The van der Waals surface area contributed by atoms with E-state index in [2.05, 4.69) is 5.32 Å². The number of carbonyl (C=O) groups excluding carboxylic acids is 1. The summed E-state index contributed by atoms with van der Waals surface area (Å²) >= 11 is 0. The van der Waals surface area contributed by atoms with Gasteiger partial charge in [0, 0.05) is 5.69 Å². The van der Waals surface area contributed by atoms with Crippen LogP contribution >= 0.6 is 0 Å². The van der Waals surface area contributed by atoms with Crippen LogP contribution in [0.5, 0.6) is 0 Å². The Hall–Kier alpha value is -2.04. The molecule has 0 spiro atoms. The second kappa shape index (κ2) is 6.41. The quantitative estimate of drug-likeness (QED) is 0.867. The van der Waals surface area contributed by atoms with E-state index in [0.29, 0.717) is 12.1 Å². The molecule has 0 unspecified atom stereocenters. The van der Waals surface area contributed by atoms with Crippen LogP contribution < -0.4 is 5.32 Å². The lowest BCUT2D eigenvalue weighted by Crippen LogP contribution is -2.27. The number of hydrogen-bond donors (Lipinski definition) is 2. The molecule has 0 aliphatic heterocycles. The summed E-state index contributed by atoms with van der Waals surface area (Å²) < 4.78 is 4.85. The topological polar surface area (TPSA) is 75.6 Å². The third-order valence-corrected chi connectivity index (χ3v) is 3.12. The fraction of sp³-hybridized carbons (Fsp3) is 0.467. The Morgan fingerprint density at radius 3 is 2.55 bits per heavy atom. The third-order valence-electron chi connectivity index (χ3n) is 3.12. The van der Waals surface area contributed by atoms with Gasteiger partial charge in [-0.1, -0.05) is 12.1 Å². The monoisotopic (exact) mass is 279 g/mol. The molecule has 0 aromatic heterocycles. The molecule has 0 aliphatic rings. The van der Waals surface area contributed by atoms with Gasteiger partial charge in [0.15, 0.2) is 0 Å². The average molecular weight is 279 g/mol. The Morgan fingerprint density at radius 2 is 2.00 bits per heavy atom. The van der Waals surface area contributed by atoms with Crippen LogP contribution in [0.3, 0.4) is 0 Å². The van der Waals surface area contributed by atoms with Crippen molar-refractivity contribution in [2.75, 3.05) is 11.9 Å². The summed E-state index contributed by atoms with van der Waals surface area (Å²) in [5, 5.41) is 11.9. The number of benzene rings is 1. The molecule has 2 N–H and O–H groups in total. The van der Waals surface area contributed by atoms with E-state index in [9.17, 15) is 14.7 Å². The molecule has 1 aromatic rings. The van der Waals surface area contributed by atoms with Crippen molar-refractivity contribution in [3.63, 3.8) is 0 Å². The molecule has 1 aromatic carbocycles. The lowest BCUT2D eigenvalue weighted by atomic mass is 9.84. The number of ether oxygens (including phenoxy) is 1. The highest BCUT2D eigenvalue weighted by Gasteiger charge is 2.29. The first kappa shape index (κ1) is 16.0. The zero-order valence-corrected chi connectivity index (χ0v) is 12.3. The Kier molecular flexibility index (Phi) is 5.13. The molecule has 0 bridgehead atoms. The molecule has 1 rings (SSSR count). The van der Waals surface area contributed by atoms with Gasteiger partial charge in [-0.05, 0) is 51.3 Å². The number of aliphatic carboxylic acids is 1. The first-order valence-electron chi connectivity index (χ1n) is 6.53. The van der Waals surface area contributed by atoms with Crippen LogP contribution in [0.15, 0.2) is 18.2 Å². The second-order valence-corrected chi connectivity index (χ2v) is 5.31. The predicted octanol–water partition coefficient (Wildman–Crippen LogP) is 3.22. The third kappa shape index (κ3) is 3.98. The normalized spacial score (nSPS) is 11.0. The van der Waals surface area contributed by atoms with Crippen molar-refractivity contribution in [3.05, 3.63) is 29.3 Å². The van der Waals surface area contributed by atoms with E-state index in [4.69, 9.17) is 4.74 Å². The van der Waals surface area contributed by atoms with Crippen molar-refractivity contribution in [2.45, 2.75) is 34.1 Å². The summed E-state index contributed by atoms with van der Waals surface area (Å²) in [5.41, 5.74) is 1.44. The van der Waals surface area contributed by atoms with Crippen LogP contribution in [0, 0.1) is 12.3 Å². The number of amides is 1. The molecule has 0 atom stereocenters. The molecular formula is C15H21NO4. The smallest absolute Gasteiger partial charge is 0.411 e. The van der Waals surface area contributed by atoms with E-state index in [1.165, 1.54) is 0 Å². The van der Waals surface area contributed by atoms with E-state index in [-0.39, 0.29) is 6.61 Å². The highest BCUT2D eigenvalue weighted by atomic mass is 16.5. The number of aryl methyl sites for hydroxylation is 1. The standard InChI is InChI=1S/C15H21NO4/c1-5-20-14(19)16-12-8-6-7-10(2)11(12)9-15(3,4)13(17)18/h6-8H,5,9H2,1-4H3,(H,16,19)(H,17,18). The van der Waals surface area contributed by atoms with Crippen molar-refractivity contribution in [1.82, 2.24) is 0 Å². The van der Waals surface area contributed by atoms with Crippen LogP contribution in [0.25, 0.3) is 0 Å². The zero-order valence-electron chi connectivity index (χ0n) is 12.3. The lowest BCUT2D eigenvalue weighted by molar-refractivity contribution is -0.146. The van der Waals surface area contributed by atoms with Gasteiger partial charge in [0.05, 0.1) is 12.0 Å². The molecule has 5 nitrogen and oxygen atoms in total. The van der Waals surface area contributed by atoms with Crippen LogP contribution in [0.4, 0.5) is 10.5 Å². The summed E-state index contributed by atoms with van der Waals surface area (Å²) in [7, 11) is 0. The molecule has 0 saturated heterocycles. The molecule has 1 amide bonds. The lowest BCUT2D eigenvalue weighted by Gasteiger charge is -2.22. The molecule has 0 heterocycles. The van der Waals surface area contributed by atoms with E-state index in [1.54, 1.807) is 26.8 Å². The molecule has 0 saturated carbocycles. The highest BCUT2D eigenvalue weighted by Crippen LogP contribution is 2.29. The predicted molar refractivity (Wildman–Crippen MR) is 76.9 cm³/mol. The Morgan fingerprint density at radius 1 is 1.35 bits per heavy atom.